The van der Waals surface area contributed by atoms with Crippen LogP contribution >= 0.6 is 0 Å². The molecule has 1 atom stereocenters. The van der Waals surface area contributed by atoms with Gasteiger partial charge in [-0.15, -0.1) is 0 Å². The number of carbonyl (C=O) groups is 2. The molecule has 5 nitrogen and oxygen atoms in total. The van der Waals surface area contributed by atoms with Crippen LogP contribution in [-0.2, 0) is 9.59 Å². The number of likely N-dealkylation sites (tertiary alicyclic amines) is 1. The summed E-state index contributed by atoms with van der Waals surface area (Å²) in [6.45, 7) is 4.16. The minimum atomic E-state index is 0.0396. The fraction of sp³-hybridized carbons (Fsp3) is 0.833. The van der Waals surface area contributed by atoms with Crippen molar-refractivity contribution in [1.29, 1.82) is 0 Å². The van der Waals surface area contributed by atoms with Crippen LogP contribution < -0.4 is 11.1 Å². The molecule has 1 heterocycles. The van der Waals surface area contributed by atoms with E-state index in [0.717, 1.165) is 19.4 Å². The molecule has 98 valence electrons. The van der Waals surface area contributed by atoms with Crippen LogP contribution in [0.15, 0.2) is 0 Å². The molecule has 5 heteroatoms. The zero-order valence-corrected chi connectivity index (χ0v) is 10.6. The summed E-state index contributed by atoms with van der Waals surface area (Å²) in [4.78, 5) is 24.8. The molecule has 0 aliphatic carbocycles. The van der Waals surface area contributed by atoms with E-state index in [1.165, 1.54) is 0 Å². The van der Waals surface area contributed by atoms with Crippen LogP contribution in [0, 0.1) is 0 Å². The Morgan fingerprint density at radius 1 is 1.41 bits per heavy atom. The third-order valence-electron chi connectivity index (χ3n) is 2.94. The van der Waals surface area contributed by atoms with Crippen LogP contribution in [0.2, 0.25) is 0 Å². The van der Waals surface area contributed by atoms with E-state index in [1.54, 1.807) is 4.90 Å². The first-order valence-corrected chi connectivity index (χ1v) is 6.43. The van der Waals surface area contributed by atoms with Crippen LogP contribution in [0.3, 0.4) is 0 Å². The Balaban J connectivity index is 2.10. The molecule has 17 heavy (non-hydrogen) atoms. The Morgan fingerprint density at radius 3 is 2.76 bits per heavy atom. The van der Waals surface area contributed by atoms with Crippen molar-refractivity contribution in [2.75, 3.05) is 19.6 Å². The molecule has 1 rings (SSSR count). The van der Waals surface area contributed by atoms with E-state index < -0.39 is 0 Å². The summed E-state index contributed by atoms with van der Waals surface area (Å²) in [7, 11) is 0. The predicted molar refractivity (Wildman–Crippen MR) is 66.3 cm³/mol. The first-order chi connectivity index (χ1) is 8.13. The molecule has 1 aliphatic heterocycles. The summed E-state index contributed by atoms with van der Waals surface area (Å²) in [6.07, 6.45) is 3.34. The third-order valence-corrected chi connectivity index (χ3v) is 2.94. The minimum Gasteiger partial charge on any atom is -0.356 e. The van der Waals surface area contributed by atoms with E-state index in [2.05, 4.69) is 5.32 Å². The average Bonchev–Trinajstić information content (AvgIpc) is 2.73. The highest BCUT2D eigenvalue weighted by molar-refractivity contribution is 5.79. The second kappa shape index (κ2) is 7.27. The summed E-state index contributed by atoms with van der Waals surface area (Å²) in [5.41, 5.74) is 5.74. The maximum Gasteiger partial charge on any atom is 0.222 e. The lowest BCUT2D eigenvalue weighted by Crippen LogP contribution is -2.32. The highest BCUT2D eigenvalue weighted by atomic mass is 16.2. The fourth-order valence-corrected chi connectivity index (χ4v) is 1.92. The highest BCUT2D eigenvalue weighted by Gasteiger charge is 2.22. The molecular weight excluding hydrogens is 218 g/mol. The minimum absolute atomic E-state index is 0.0396. The van der Waals surface area contributed by atoms with E-state index in [1.807, 2.05) is 6.92 Å². The Bertz CT molecular complexity index is 268. The second-order valence-electron chi connectivity index (χ2n) is 4.59. The molecule has 0 aromatic rings. The Kier molecular flexibility index (Phi) is 5.97. The Labute approximate surface area is 103 Å². The van der Waals surface area contributed by atoms with Crippen molar-refractivity contribution >= 4 is 11.8 Å². The van der Waals surface area contributed by atoms with E-state index in [4.69, 9.17) is 5.73 Å². The van der Waals surface area contributed by atoms with Crippen molar-refractivity contribution in [3.63, 3.8) is 0 Å². The number of nitrogens with zero attached hydrogens (tertiary/aromatic N) is 1. The van der Waals surface area contributed by atoms with Gasteiger partial charge in [0.2, 0.25) is 11.8 Å². The monoisotopic (exact) mass is 241 g/mol. The number of rotatable bonds is 6. The zero-order valence-electron chi connectivity index (χ0n) is 10.6. The van der Waals surface area contributed by atoms with Gasteiger partial charge in [-0.05, 0) is 19.3 Å². The van der Waals surface area contributed by atoms with Gasteiger partial charge in [0.05, 0.1) is 0 Å². The molecule has 0 saturated carbocycles. The summed E-state index contributed by atoms with van der Waals surface area (Å²) < 4.78 is 0. The molecular formula is C12H23N3O2. The molecule has 3 N–H and O–H groups in total. The van der Waals surface area contributed by atoms with Gasteiger partial charge in [0.15, 0.2) is 0 Å². The number of hydrogen-bond acceptors (Lipinski definition) is 3. The van der Waals surface area contributed by atoms with E-state index in [-0.39, 0.29) is 17.9 Å². The van der Waals surface area contributed by atoms with Gasteiger partial charge in [0, 0.05) is 38.5 Å². The topological polar surface area (TPSA) is 75.4 Å². The maximum atomic E-state index is 11.7. The number of hydrogen-bond donors (Lipinski definition) is 2. The lowest BCUT2D eigenvalue weighted by molar-refractivity contribution is -0.130. The number of nitrogens with one attached hydrogen (secondary N) is 1. The van der Waals surface area contributed by atoms with Crippen molar-refractivity contribution in [2.45, 2.75) is 45.1 Å². The van der Waals surface area contributed by atoms with E-state index >= 15 is 0 Å². The molecule has 2 amide bonds. The molecule has 0 bridgehead atoms. The smallest absolute Gasteiger partial charge is 0.222 e. The molecule has 1 fully saturated rings. The van der Waals surface area contributed by atoms with Crippen molar-refractivity contribution in [3.8, 4) is 0 Å². The summed E-state index contributed by atoms with van der Waals surface area (Å²) in [5.74, 6) is 0.166. The van der Waals surface area contributed by atoms with Gasteiger partial charge in [0.1, 0.15) is 0 Å². The summed E-state index contributed by atoms with van der Waals surface area (Å²) in [6, 6.07) is 0.131. The van der Waals surface area contributed by atoms with Crippen molar-refractivity contribution in [3.05, 3.63) is 0 Å². The lowest BCUT2D eigenvalue weighted by Gasteiger charge is -2.15. The van der Waals surface area contributed by atoms with Gasteiger partial charge in [-0.1, -0.05) is 6.92 Å². The molecule has 0 aromatic heterocycles. The average molecular weight is 241 g/mol. The molecule has 0 spiro atoms. The molecule has 0 unspecified atom stereocenters. The first-order valence-electron chi connectivity index (χ1n) is 6.43. The summed E-state index contributed by atoms with van der Waals surface area (Å²) in [5, 5.41) is 2.80. The van der Waals surface area contributed by atoms with Crippen molar-refractivity contribution < 1.29 is 9.59 Å². The van der Waals surface area contributed by atoms with Crippen LogP contribution in [0.4, 0.5) is 0 Å². The number of amides is 2. The Morgan fingerprint density at radius 2 is 2.18 bits per heavy atom. The number of nitrogens with two attached hydrogens (primary N) is 1. The molecule has 0 radical (unpaired) electrons. The van der Waals surface area contributed by atoms with Crippen LogP contribution in [-0.4, -0.2) is 42.4 Å². The molecule has 1 saturated heterocycles. The SMILES string of the molecule is CCCNC(=O)CCCC(=O)N1CC[C@@H](N)C1. The Hall–Kier alpha value is -1.10. The quantitative estimate of drug-likeness (QED) is 0.699. The predicted octanol–water partition coefficient (Wildman–Crippen LogP) is 0.243. The van der Waals surface area contributed by atoms with Gasteiger partial charge in [-0.3, -0.25) is 9.59 Å². The largest absolute Gasteiger partial charge is 0.356 e. The standard InChI is InChI=1S/C12H23N3O2/c1-2-7-14-11(16)4-3-5-12(17)15-8-6-10(13)9-15/h10H,2-9,13H2,1H3,(H,14,16)/t10-/m1/s1. The lowest BCUT2D eigenvalue weighted by atomic mass is 10.2. The first kappa shape index (κ1) is 14.0. The zero-order chi connectivity index (χ0) is 12.7. The van der Waals surface area contributed by atoms with Gasteiger partial charge in [-0.2, -0.15) is 0 Å². The third kappa shape index (κ3) is 5.17. The van der Waals surface area contributed by atoms with E-state index in [0.29, 0.717) is 32.4 Å². The normalized spacial score (nSPS) is 19.4. The van der Waals surface area contributed by atoms with Gasteiger partial charge in [-0.25, -0.2) is 0 Å². The highest BCUT2D eigenvalue weighted by Crippen LogP contribution is 2.10. The van der Waals surface area contributed by atoms with Gasteiger partial charge >= 0.3 is 0 Å². The van der Waals surface area contributed by atoms with Crippen LogP contribution in [0.1, 0.15) is 39.0 Å². The van der Waals surface area contributed by atoms with Gasteiger partial charge in [0.25, 0.3) is 0 Å². The second-order valence-corrected chi connectivity index (χ2v) is 4.59. The van der Waals surface area contributed by atoms with Crippen molar-refractivity contribution in [1.82, 2.24) is 10.2 Å². The molecule has 1 aliphatic rings. The van der Waals surface area contributed by atoms with E-state index in [9.17, 15) is 9.59 Å². The number of carbonyl (C=O) groups excluding carboxylic acids is 2. The maximum absolute atomic E-state index is 11.7. The van der Waals surface area contributed by atoms with Crippen LogP contribution in [0.5, 0.6) is 0 Å². The van der Waals surface area contributed by atoms with Gasteiger partial charge < -0.3 is 16.0 Å². The van der Waals surface area contributed by atoms with Crippen LogP contribution in [0.25, 0.3) is 0 Å². The molecule has 0 aromatic carbocycles. The fourth-order valence-electron chi connectivity index (χ4n) is 1.92. The van der Waals surface area contributed by atoms with Crippen molar-refractivity contribution in [2.24, 2.45) is 5.73 Å². The summed E-state index contributed by atoms with van der Waals surface area (Å²) >= 11 is 0.